The number of ether oxygens (including phenoxy) is 2. The second-order valence-corrected chi connectivity index (χ2v) is 11.2. The highest BCUT2D eigenvalue weighted by molar-refractivity contribution is 5.98. The van der Waals surface area contributed by atoms with Crippen LogP contribution in [0.25, 0.3) is 0 Å². The van der Waals surface area contributed by atoms with Gasteiger partial charge in [0, 0.05) is 12.6 Å². The molecular formula is C28H46N2O6. The first kappa shape index (κ1) is 28.6. The van der Waals surface area contributed by atoms with E-state index in [4.69, 9.17) is 9.47 Å². The number of hydrogen-bond donors (Lipinski definition) is 1. The van der Waals surface area contributed by atoms with Crippen LogP contribution < -0.4 is 0 Å². The van der Waals surface area contributed by atoms with E-state index in [-0.39, 0.29) is 37.0 Å². The molecule has 0 aromatic rings. The van der Waals surface area contributed by atoms with Crippen LogP contribution in [0.2, 0.25) is 0 Å². The molecule has 0 aromatic heterocycles. The monoisotopic (exact) mass is 506 g/mol. The van der Waals surface area contributed by atoms with Gasteiger partial charge in [0.05, 0.1) is 30.8 Å². The van der Waals surface area contributed by atoms with Crippen molar-refractivity contribution >= 4 is 17.8 Å². The van der Waals surface area contributed by atoms with E-state index in [2.05, 4.69) is 13.5 Å². The molecule has 0 aromatic carbocycles. The molecule has 7 atom stereocenters. The number of hydrogen-bond acceptors (Lipinski definition) is 6. The second-order valence-electron chi connectivity index (χ2n) is 11.2. The maximum atomic E-state index is 14.4. The molecule has 2 amide bonds. The zero-order chi connectivity index (χ0) is 26.8. The fourth-order valence-electron chi connectivity index (χ4n) is 7.10. The number of rotatable bonds is 13. The van der Waals surface area contributed by atoms with Crippen LogP contribution in [-0.4, -0.2) is 81.8 Å². The Morgan fingerprint density at radius 2 is 1.97 bits per heavy atom. The lowest BCUT2D eigenvalue weighted by Crippen LogP contribution is -2.60. The van der Waals surface area contributed by atoms with Crippen LogP contribution in [0.3, 0.4) is 0 Å². The number of esters is 1. The fourth-order valence-corrected chi connectivity index (χ4v) is 7.10. The number of amides is 2. The molecule has 3 heterocycles. The molecule has 3 unspecified atom stereocenters. The zero-order valence-electron chi connectivity index (χ0n) is 23.0. The number of carbonyl (C=O) groups excluding carboxylic acids is 3. The lowest BCUT2D eigenvalue weighted by molar-refractivity contribution is -0.164. The average molecular weight is 507 g/mol. The molecule has 2 bridgehead atoms. The quantitative estimate of drug-likeness (QED) is 0.304. The summed E-state index contributed by atoms with van der Waals surface area (Å²) in [6.45, 7) is 16.0. The van der Waals surface area contributed by atoms with Crippen molar-refractivity contribution in [2.24, 2.45) is 17.8 Å². The Balaban J connectivity index is 2.17. The normalized spacial score (nSPS) is 32.5. The lowest BCUT2D eigenvalue weighted by atomic mass is 9.65. The highest BCUT2D eigenvalue weighted by Gasteiger charge is 2.79. The van der Waals surface area contributed by atoms with Crippen molar-refractivity contribution < 1.29 is 29.0 Å². The Labute approximate surface area is 216 Å². The van der Waals surface area contributed by atoms with Gasteiger partial charge in [0.25, 0.3) is 0 Å². The van der Waals surface area contributed by atoms with Crippen LogP contribution in [0.1, 0.15) is 80.1 Å². The largest absolute Gasteiger partial charge is 0.466 e. The number of aliphatic hydroxyl groups is 1. The molecular weight excluding hydrogens is 460 g/mol. The van der Waals surface area contributed by atoms with Gasteiger partial charge in [-0.3, -0.25) is 14.4 Å². The Morgan fingerprint density at radius 1 is 1.28 bits per heavy atom. The van der Waals surface area contributed by atoms with Crippen LogP contribution in [0.5, 0.6) is 0 Å². The molecule has 8 heteroatoms. The van der Waals surface area contributed by atoms with E-state index in [1.165, 1.54) is 0 Å². The summed E-state index contributed by atoms with van der Waals surface area (Å²) in [6, 6.07) is -1.50. The van der Waals surface area contributed by atoms with Gasteiger partial charge in [0.2, 0.25) is 11.8 Å². The van der Waals surface area contributed by atoms with Gasteiger partial charge in [0.15, 0.2) is 0 Å². The fraction of sp³-hybridized carbons (Fsp3) is 0.821. The van der Waals surface area contributed by atoms with Gasteiger partial charge in [-0.1, -0.05) is 40.2 Å². The van der Waals surface area contributed by atoms with E-state index >= 15 is 0 Å². The molecule has 0 aliphatic carbocycles. The molecule has 3 rings (SSSR count). The maximum absolute atomic E-state index is 14.4. The summed E-state index contributed by atoms with van der Waals surface area (Å²) in [5, 5.41) is 10.4. The van der Waals surface area contributed by atoms with E-state index in [0.717, 1.165) is 12.8 Å². The number of fused-ring (bicyclic) bond motifs is 1. The van der Waals surface area contributed by atoms with Gasteiger partial charge in [-0.15, -0.1) is 6.58 Å². The number of likely N-dealkylation sites (tertiary alicyclic amines) is 1. The third kappa shape index (κ3) is 4.49. The Morgan fingerprint density at radius 3 is 2.50 bits per heavy atom. The Kier molecular flexibility index (Phi) is 8.92. The average Bonchev–Trinajstić information content (AvgIpc) is 3.44. The summed E-state index contributed by atoms with van der Waals surface area (Å²) < 4.78 is 12.2. The van der Waals surface area contributed by atoms with Crippen LogP contribution in [0, 0.1) is 17.8 Å². The Bertz CT molecular complexity index is 846. The minimum atomic E-state index is -1.11. The highest BCUT2D eigenvalue weighted by Crippen LogP contribution is 2.65. The summed E-state index contributed by atoms with van der Waals surface area (Å²) in [6.07, 6.45) is 5.65. The van der Waals surface area contributed by atoms with E-state index in [1.807, 2.05) is 27.7 Å². The molecule has 0 radical (unpaired) electrons. The molecule has 0 saturated carbocycles. The van der Waals surface area contributed by atoms with Gasteiger partial charge < -0.3 is 24.4 Å². The first-order valence-electron chi connectivity index (χ1n) is 13.8. The van der Waals surface area contributed by atoms with Crippen LogP contribution >= 0.6 is 0 Å². The van der Waals surface area contributed by atoms with E-state index in [9.17, 15) is 19.5 Å². The molecule has 8 nitrogen and oxygen atoms in total. The molecule has 36 heavy (non-hydrogen) atoms. The predicted molar refractivity (Wildman–Crippen MR) is 137 cm³/mol. The van der Waals surface area contributed by atoms with Crippen molar-refractivity contribution in [2.75, 3.05) is 19.8 Å². The van der Waals surface area contributed by atoms with Crippen molar-refractivity contribution in [2.45, 2.75) is 109 Å². The highest BCUT2D eigenvalue weighted by atomic mass is 16.6. The van der Waals surface area contributed by atoms with Crippen molar-refractivity contribution in [1.82, 2.24) is 9.80 Å². The van der Waals surface area contributed by atoms with Crippen molar-refractivity contribution in [1.29, 1.82) is 0 Å². The van der Waals surface area contributed by atoms with Crippen molar-refractivity contribution in [3.63, 3.8) is 0 Å². The summed E-state index contributed by atoms with van der Waals surface area (Å²) in [4.78, 5) is 45.4. The topological polar surface area (TPSA) is 96.4 Å². The molecule has 3 fully saturated rings. The SMILES string of the molecule is C=CCN(C(=O)C1N([C@@H](CO)CC(C)C)C(=O)[C@@H]2[C@@H](C(=O)OCC)[C@@]3(CC)CCC12O3)C(C)CCC. The molecule has 1 N–H and O–H groups in total. The smallest absolute Gasteiger partial charge is 0.312 e. The van der Waals surface area contributed by atoms with Gasteiger partial charge in [-0.05, 0) is 51.9 Å². The van der Waals surface area contributed by atoms with Gasteiger partial charge in [-0.25, -0.2) is 0 Å². The molecule has 3 aliphatic heterocycles. The summed E-state index contributed by atoms with van der Waals surface area (Å²) >= 11 is 0. The van der Waals surface area contributed by atoms with Gasteiger partial charge in [-0.2, -0.15) is 0 Å². The van der Waals surface area contributed by atoms with Crippen molar-refractivity contribution in [3.05, 3.63) is 12.7 Å². The predicted octanol–water partition coefficient (Wildman–Crippen LogP) is 3.31. The molecule has 3 aliphatic rings. The van der Waals surface area contributed by atoms with Crippen molar-refractivity contribution in [3.8, 4) is 0 Å². The van der Waals surface area contributed by atoms with Gasteiger partial charge >= 0.3 is 5.97 Å². The lowest BCUT2D eigenvalue weighted by Gasteiger charge is -2.41. The maximum Gasteiger partial charge on any atom is 0.312 e. The molecule has 1 spiro atoms. The van der Waals surface area contributed by atoms with Crippen LogP contribution in [0.15, 0.2) is 12.7 Å². The first-order chi connectivity index (χ1) is 17.1. The standard InChI is InChI=1S/C28H46N2O6/c1-8-12-19(7)29(15-9-2)25(33)23-28-14-13-27(10-3,36-28)22(26(34)35-11-4)21(28)24(32)30(23)20(17-31)16-18(5)6/h9,18-23,31H,2,8,10-17H2,1,3-7H3/t19?,20-,21+,22+,23?,27-,28?/m1/s1. The van der Waals surface area contributed by atoms with E-state index in [0.29, 0.717) is 32.2 Å². The number of nitrogens with zero attached hydrogens (tertiary/aromatic N) is 2. The van der Waals surface area contributed by atoms with Crippen LogP contribution in [-0.2, 0) is 23.9 Å². The Hall–Kier alpha value is -1.93. The molecule has 3 saturated heterocycles. The van der Waals surface area contributed by atoms with E-state index in [1.54, 1.807) is 22.8 Å². The minimum Gasteiger partial charge on any atom is -0.466 e. The number of aliphatic hydroxyl groups excluding tert-OH is 1. The summed E-state index contributed by atoms with van der Waals surface area (Å²) in [7, 11) is 0. The third-order valence-electron chi connectivity index (χ3n) is 8.59. The molecule has 204 valence electrons. The van der Waals surface area contributed by atoms with E-state index < -0.39 is 41.1 Å². The minimum absolute atomic E-state index is 0.0508. The van der Waals surface area contributed by atoms with Crippen LogP contribution in [0.4, 0.5) is 0 Å². The third-order valence-corrected chi connectivity index (χ3v) is 8.59. The summed E-state index contributed by atoms with van der Waals surface area (Å²) in [5.41, 5.74) is -1.93. The van der Waals surface area contributed by atoms with Gasteiger partial charge in [0.1, 0.15) is 17.6 Å². The summed E-state index contributed by atoms with van der Waals surface area (Å²) in [5.74, 6) is -2.25. The first-order valence-corrected chi connectivity index (χ1v) is 13.8. The number of carbonyl (C=O) groups is 3. The second kappa shape index (κ2) is 11.2. The zero-order valence-corrected chi connectivity index (χ0v) is 23.0.